The number of rotatable bonds is 8. The van der Waals surface area contributed by atoms with E-state index in [4.69, 9.17) is 19.4 Å². The number of aromatic amines is 2. The fourth-order valence-electron chi connectivity index (χ4n) is 7.28. The summed E-state index contributed by atoms with van der Waals surface area (Å²) >= 11 is 0. The number of H-pyrrole nitrogens is 2. The number of aromatic nitrogens is 4. The maximum Gasteiger partial charge on any atom is 0.407 e. The summed E-state index contributed by atoms with van der Waals surface area (Å²) in [4.78, 5) is 71.2. The average molecular weight is 767 g/mol. The molecule has 3 aromatic rings. The number of hydrogen-bond donors (Lipinski definition) is 4. The van der Waals surface area contributed by atoms with Crippen LogP contribution >= 0.6 is 0 Å². The van der Waals surface area contributed by atoms with Crippen molar-refractivity contribution in [1.82, 2.24) is 40.4 Å². The van der Waals surface area contributed by atoms with Gasteiger partial charge in [-0.15, -0.1) is 0 Å². The summed E-state index contributed by atoms with van der Waals surface area (Å²) in [6, 6.07) is 5.64. The molecule has 2 aliphatic heterocycles. The van der Waals surface area contributed by atoms with Gasteiger partial charge in [-0.25, -0.2) is 19.6 Å². The maximum atomic E-state index is 13.7. The second-order valence-corrected chi connectivity index (χ2v) is 15.7. The number of carbonyl (C=O) groups excluding carboxylic acids is 4. The van der Waals surface area contributed by atoms with Crippen molar-refractivity contribution in [2.75, 3.05) is 27.3 Å². The molecule has 2 fully saturated rings. The Morgan fingerprint density at radius 2 is 1.04 bits per heavy atom. The van der Waals surface area contributed by atoms with Crippen LogP contribution in [0, 0.1) is 61.2 Å². The van der Waals surface area contributed by atoms with Gasteiger partial charge in [-0.1, -0.05) is 53.4 Å². The summed E-state index contributed by atoms with van der Waals surface area (Å²) in [5.41, 5.74) is 4.40. The number of benzene rings is 1. The van der Waals surface area contributed by atoms with Gasteiger partial charge in [-0.05, 0) is 86.5 Å². The van der Waals surface area contributed by atoms with Gasteiger partial charge in [0.15, 0.2) is 0 Å². The SMILES string of the molecule is COC(=O)N[C@H](C(=O)N1C[C@@H](C)C[C@H]1c1nc(C#Cc2ccc(C#Cc3nc([C@@H]4C[C@H](C)CN4C(=O)[C@@H](NC(=O)OC)C(C)C)[nH]c3C)cc2)c(C)[nH]1)C(C)C. The molecule has 14 heteroatoms. The molecule has 2 saturated heterocycles. The summed E-state index contributed by atoms with van der Waals surface area (Å²) in [5, 5.41) is 5.39. The topological polar surface area (TPSA) is 175 Å². The van der Waals surface area contributed by atoms with Crippen LogP contribution < -0.4 is 10.6 Å². The molecule has 2 aromatic heterocycles. The van der Waals surface area contributed by atoms with E-state index >= 15 is 0 Å². The molecule has 0 unspecified atom stereocenters. The first kappa shape index (κ1) is 41.4. The van der Waals surface area contributed by atoms with Gasteiger partial charge >= 0.3 is 12.2 Å². The third-order valence-electron chi connectivity index (χ3n) is 10.3. The predicted molar refractivity (Wildman–Crippen MR) is 210 cm³/mol. The molecule has 2 aliphatic rings. The number of imidazole rings is 2. The third kappa shape index (κ3) is 9.54. The van der Waals surface area contributed by atoms with E-state index in [1.807, 2.05) is 65.8 Å². The lowest BCUT2D eigenvalue weighted by Crippen LogP contribution is -2.51. The van der Waals surface area contributed by atoms with Crippen molar-refractivity contribution in [3.8, 4) is 23.7 Å². The highest BCUT2D eigenvalue weighted by atomic mass is 16.5. The number of nitrogens with zero attached hydrogens (tertiary/aromatic N) is 4. The minimum Gasteiger partial charge on any atom is -0.453 e. The van der Waals surface area contributed by atoms with Crippen LogP contribution in [0.25, 0.3) is 0 Å². The van der Waals surface area contributed by atoms with E-state index in [2.05, 4.69) is 58.1 Å². The van der Waals surface area contributed by atoms with Gasteiger partial charge in [0.2, 0.25) is 11.8 Å². The minimum absolute atomic E-state index is 0.129. The number of carbonyl (C=O) groups is 4. The van der Waals surface area contributed by atoms with Crippen molar-refractivity contribution in [3.63, 3.8) is 0 Å². The highest BCUT2D eigenvalue weighted by molar-refractivity contribution is 5.87. The lowest BCUT2D eigenvalue weighted by atomic mass is 10.0. The van der Waals surface area contributed by atoms with Crippen molar-refractivity contribution in [2.24, 2.45) is 23.7 Å². The van der Waals surface area contributed by atoms with Crippen LogP contribution in [0.4, 0.5) is 9.59 Å². The quantitative estimate of drug-likeness (QED) is 0.229. The standard InChI is InChI=1S/C42H54N8O6/c1-23(2)35(47-41(53)55-9)39(51)49-21-25(5)19-33(49)37-43-27(7)31(45-37)17-15-29-11-13-30(14-12-29)16-18-32-28(8)44-38(46-32)34-20-26(6)22-50(34)40(52)36(24(3)4)48-42(54)56-10/h11-14,23-26,33-36H,19-22H2,1-10H3,(H,43,45)(H,44,46)(H,47,53)(H,48,54)/t25-,26-,33-,34-,35-,36-/m0/s1. The summed E-state index contributed by atoms with van der Waals surface area (Å²) in [5.74, 6) is 14.0. The first-order chi connectivity index (χ1) is 26.6. The van der Waals surface area contributed by atoms with Crippen molar-refractivity contribution < 1.29 is 28.7 Å². The van der Waals surface area contributed by atoms with Crippen molar-refractivity contribution in [3.05, 3.63) is 69.8 Å². The van der Waals surface area contributed by atoms with Crippen LogP contribution in [0.1, 0.15) is 112 Å². The van der Waals surface area contributed by atoms with Crippen molar-refractivity contribution in [2.45, 2.75) is 92.4 Å². The molecule has 0 saturated carbocycles. The van der Waals surface area contributed by atoms with Gasteiger partial charge in [0.25, 0.3) is 0 Å². The Bertz CT molecular complexity index is 1900. The molecular formula is C42H54N8O6. The van der Waals surface area contributed by atoms with Crippen LogP contribution in [0.2, 0.25) is 0 Å². The molecule has 4 amide bonds. The molecule has 4 N–H and O–H groups in total. The van der Waals surface area contributed by atoms with E-state index in [0.717, 1.165) is 35.4 Å². The lowest BCUT2D eigenvalue weighted by Gasteiger charge is -2.30. The number of nitrogens with one attached hydrogen (secondary N) is 4. The number of amides is 4. The molecule has 0 aliphatic carbocycles. The smallest absolute Gasteiger partial charge is 0.407 e. The number of hydrogen-bond acceptors (Lipinski definition) is 8. The lowest BCUT2D eigenvalue weighted by molar-refractivity contribution is -0.136. The molecule has 5 rings (SSSR count). The largest absolute Gasteiger partial charge is 0.453 e. The average Bonchev–Trinajstić information content (AvgIpc) is 3.95. The summed E-state index contributed by atoms with van der Waals surface area (Å²) in [6.07, 6.45) is 0.199. The van der Waals surface area contributed by atoms with E-state index in [-0.39, 0.29) is 47.6 Å². The Hall–Kier alpha value is -5.76. The van der Waals surface area contributed by atoms with Gasteiger partial charge in [0.05, 0.1) is 26.3 Å². The van der Waals surface area contributed by atoms with Crippen molar-refractivity contribution >= 4 is 24.0 Å². The molecule has 56 heavy (non-hydrogen) atoms. The van der Waals surface area contributed by atoms with Gasteiger partial charge in [0, 0.05) is 35.6 Å². The zero-order chi connectivity index (χ0) is 40.8. The van der Waals surface area contributed by atoms with E-state index < -0.39 is 24.3 Å². The summed E-state index contributed by atoms with van der Waals surface area (Å²) < 4.78 is 9.53. The molecule has 298 valence electrons. The Kier molecular flexibility index (Phi) is 13.2. The molecule has 4 heterocycles. The zero-order valence-corrected chi connectivity index (χ0v) is 34.0. The molecule has 1 aromatic carbocycles. The highest BCUT2D eigenvalue weighted by Crippen LogP contribution is 2.36. The Labute approximate surface area is 329 Å². The van der Waals surface area contributed by atoms with E-state index in [9.17, 15) is 19.2 Å². The first-order valence-corrected chi connectivity index (χ1v) is 19.2. The number of alkyl carbamates (subject to hydrolysis) is 2. The van der Waals surface area contributed by atoms with Gasteiger partial charge in [-0.3, -0.25) is 9.59 Å². The Morgan fingerprint density at radius 1 is 0.679 bits per heavy atom. The Morgan fingerprint density at radius 3 is 1.36 bits per heavy atom. The number of likely N-dealkylation sites (tertiary alicyclic amines) is 2. The maximum absolute atomic E-state index is 13.7. The highest BCUT2D eigenvalue weighted by Gasteiger charge is 2.41. The summed E-state index contributed by atoms with van der Waals surface area (Å²) in [7, 11) is 2.56. The van der Waals surface area contributed by atoms with Gasteiger partial charge in [0.1, 0.15) is 35.1 Å². The zero-order valence-electron chi connectivity index (χ0n) is 34.0. The van der Waals surface area contributed by atoms with Crippen LogP contribution in [0.15, 0.2) is 24.3 Å². The molecule has 0 bridgehead atoms. The van der Waals surface area contributed by atoms with Gasteiger partial charge < -0.3 is 39.9 Å². The van der Waals surface area contributed by atoms with E-state index in [1.165, 1.54) is 14.2 Å². The Balaban J connectivity index is 1.27. The van der Waals surface area contributed by atoms with E-state index in [1.54, 1.807) is 9.80 Å². The number of methoxy groups -OCH3 is 2. The third-order valence-corrected chi connectivity index (χ3v) is 10.3. The van der Waals surface area contributed by atoms with Crippen molar-refractivity contribution in [1.29, 1.82) is 0 Å². The van der Waals surface area contributed by atoms with Crippen LogP contribution in [0.3, 0.4) is 0 Å². The van der Waals surface area contributed by atoms with Gasteiger partial charge in [-0.2, -0.15) is 0 Å². The molecule has 14 nitrogen and oxygen atoms in total. The first-order valence-electron chi connectivity index (χ1n) is 19.2. The fraction of sp³-hybridized carbons (Fsp3) is 0.524. The van der Waals surface area contributed by atoms with E-state index in [0.29, 0.717) is 36.1 Å². The normalized spacial score (nSPS) is 20.1. The fourth-order valence-corrected chi connectivity index (χ4v) is 7.28. The molecular weight excluding hydrogens is 713 g/mol. The molecule has 0 radical (unpaired) electrons. The predicted octanol–water partition coefficient (Wildman–Crippen LogP) is 5.13. The van der Waals surface area contributed by atoms with Crippen LogP contribution in [0.5, 0.6) is 0 Å². The van der Waals surface area contributed by atoms with Crippen LogP contribution in [-0.4, -0.2) is 93.1 Å². The molecule has 0 spiro atoms. The number of aryl methyl sites for hydroxylation is 2. The monoisotopic (exact) mass is 766 g/mol. The van der Waals surface area contributed by atoms with Crippen LogP contribution in [-0.2, 0) is 19.1 Å². The molecule has 6 atom stereocenters. The number of ether oxygens (including phenoxy) is 2. The second-order valence-electron chi connectivity index (χ2n) is 15.7. The minimum atomic E-state index is -0.718. The second kappa shape index (κ2) is 17.8. The summed E-state index contributed by atoms with van der Waals surface area (Å²) in [6.45, 7) is 16.7.